The van der Waals surface area contributed by atoms with Gasteiger partial charge in [0.25, 0.3) is 0 Å². The largest absolute Gasteiger partial charge is 0.434 e. The van der Waals surface area contributed by atoms with Gasteiger partial charge in [-0.3, -0.25) is 0 Å². The first-order valence-corrected chi connectivity index (χ1v) is 6.15. The Morgan fingerprint density at radius 2 is 1.90 bits per heavy atom. The van der Waals surface area contributed by atoms with Crippen LogP contribution in [0.5, 0.6) is 5.75 Å². The van der Waals surface area contributed by atoms with Crippen LogP contribution in [0.15, 0.2) is 42.5 Å². The van der Waals surface area contributed by atoms with Crippen molar-refractivity contribution in [3.8, 4) is 5.75 Å². The first kappa shape index (κ1) is 14.5. The van der Waals surface area contributed by atoms with Gasteiger partial charge in [-0.05, 0) is 24.3 Å². The third-order valence-corrected chi connectivity index (χ3v) is 2.75. The van der Waals surface area contributed by atoms with Crippen molar-refractivity contribution in [3.63, 3.8) is 0 Å². The lowest BCUT2D eigenvalue weighted by atomic mass is 10.2. The average Bonchev–Trinajstić information content (AvgIpc) is 2.36. The second kappa shape index (κ2) is 6.52. The minimum absolute atomic E-state index is 0.0810. The second-order valence-electron chi connectivity index (χ2n) is 4.00. The molecule has 0 amide bonds. The van der Waals surface area contributed by atoms with Gasteiger partial charge in [0.1, 0.15) is 11.6 Å². The summed E-state index contributed by atoms with van der Waals surface area (Å²) < 4.78 is 42.1. The Hall–Kier alpha value is -1.88. The highest BCUT2D eigenvalue weighted by molar-refractivity contribution is 6.30. The van der Waals surface area contributed by atoms with Gasteiger partial charge in [0.05, 0.1) is 0 Å². The summed E-state index contributed by atoms with van der Waals surface area (Å²) in [7, 11) is 0. The zero-order valence-corrected chi connectivity index (χ0v) is 11.0. The summed E-state index contributed by atoms with van der Waals surface area (Å²) in [6, 6.07) is 10.4. The maximum atomic E-state index is 13.2. The van der Waals surface area contributed by atoms with Gasteiger partial charge < -0.3 is 10.1 Å². The number of hydrogen-bond acceptors (Lipinski definition) is 2. The number of nitrogens with one attached hydrogen (secondary N) is 1. The van der Waals surface area contributed by atoms with E-state index in [9.17, 15) is 13.2 Å². The Balaban J connectivity index is 2.10. The van der Waals surface area contributed by atoms with Crippen molar-refractivity contribution in [1.82, 2.24) is 0 Å². The highest BCUT2D eigenvalue weighted by Crippen LogP contribution is 2.23. The number of anilines is 1. The Morgan fingerprint density at radius 3 is 2.60 bits per heavy atom. The van der Waals surface area contributed by atoms with E-state index in [1.807, 2.05) is 0 Å². The zero-order chi connectivity index (χ0) is 14.5. The van der Waals surface area contributed by atoms with E-state index >= 15 is 0 Å². The Morgan fingerprint density at radius 1 is 1.15 bits per heavy atom. The Labute approximate surface area is 119 Å². The molecule has 0 atom stereocenters. The van der Waals surface area contributed by atoms with Crippen LogP contribution < -0.4 is 10.1 Å². The number of alkyl halides is 2. The second-order valence-corrected chi connectivity index (χ2v) is 4.43. The molecular formula is C14H11ClF3NO. The van der Waals surface area contributed by atoms with Crippen molar-refractivity contribution in [2.24, 2.45) is 0 Å². The van der Waals surface area contributed by atoms with E-state index in [2.05, 4.69) is 10.1 Å². The summed E-state index contributed by atoms with van der Waals surface area (Å²) in [5.41, 5.74) is 0.995. The first-order chi connectivity index (χ1) is 9.54. The van der Waals surface area contributed by atoms with Crippen molar-refractivity contribution < 1.29 is 17.9 Å². The summed E-state index contributed by atoms with van der Waals surface area (Å²) in [6.07, 6.45) is 0. The molecule has 0 unspecified atom stereocenters. The lowest BCUT2D eigenvalue weighted by Crippen LogP contribution is -2.07. The van der Waals surface area contributed by atoms with E-state index < -0.39 is 12.4 Å². The lowest BCUT2D eigenvalue weighted by Gasteiger charge is -2.12. The fraction of sp³-hybridized carbons (Fsp3) is 0.143. The number of rotatable bonds is 5. The zero-order valence-electron chi connectivity index (χ0n) is 10.2. The number of hydrogen-bond donors (Lipinski definition) is 1. The molecule has 0 bridgehead atoms. The molecule has 0 aliphatic rings. The molecule has 0 aliphatic carbocycles. The summed E-state index contributed by atoms with van der Waals surface area (Å²) in [5, 5.41) is 3.16. The van der Waals surface area contributed by atoms with Crippen LogP contribution in [-0.4, -0.2) is 6.61 Å². The summed E-state index contributed by atoms with van der Waals surface area (Å²) >= 11 is 5.73. The van der Waals surface area contributed by atoms with Gasteiger partial charge in [-0.25, -0.2) is 4.39 Å². The minimum Gasteiger partial charge on any atom is -0.434 e. The smallest absolute Gasteiger partial charge is 0.387 e. The minimum atomic E-state index is -2.89. The number of halogens is 4. The molecule has 2 rings (SSSR count). The van der Waals surface area contributed by atoms with Crippen molar-refractivity contribution in [3.05, 3.63) is 58.9 Å². The fourth-order valence-corrected chi connectivity index (χ4v) is 1.94. The van der Waals surface area contributed by atoms with Crippen LogP contribution in [0.25, 0.3) is 0 Å². The maximum absolute atomic E-state index is 13.2. The number of para-hydroxylation sites is 1. The molecule has 2 nitrogen and oxygen atoms in total. The molecular weight excluding hydrogens is 291 g/mol. The van der Waals surface area contributed by atoms with Crippen molar-refractivity contribution in [2.75, 3.05) is 5.32 Å². The molecule has 0 radical (unpaired) electrons. The van der Waals surface area contributed by atoms with Crippen LogP contribution in [0, 0.1) is 5.82 Å². The van der Waals surface area contributed by atoms with E-state index in [4.69, 9.17) is 11.6 Å². The molecule has 1 N–H and O–H groups in total. The van der Waals surface area contributed by atoms with E-state index in [-0.39, 0.29) is 17.3 Å². The van der Waals surface area contributed by atoms with E-state index in [1.54, 1.807) is 24.3 Å². The van der Waals surface area contributed by atoms with E-state index in [1.165, 1.54) is 18.2 Å². The van der Waals surface area contributed by atoms with Crippen LogP contribution in [0.4, 0.5) is 18.9 Å². The van der Waals surface area contributed by atoms with Crippen molar-refractivity contribution in [2.45, 2.75) is 13.2 Å². The maximum Gasteiger partial charge on any atom is 0.387 e. The van der Waals surface area contributed by atoms with Gasteiger partial charge in [0.2, 0.25) is 0 Å². The van der Waals surface area contributed by atoms with Crippen LogP contribution in [0.2, 0.25) is 5.02 Å². The van der Waals surface area contributed by atoms with Crippen molar-refractivity contribution in [1.29, 1.82) is 0 Å². The van der Waals surface area contributed by atoms with Crippen molar-refractivity contribution >= 4 is 17.3 Å². The van der Waals surface area contributed by atoms with Gasteiger partial charge in [0, 0.05) is 22.8 Å². The number of ether oxygens (including phenoxy) is 1. The van der Waals surface area contributed by atoms with E-state index in [0.717, 1.165) is 0 Å². The van der Waals surface area contributed by atoms with Crippen LogP contribution in [-0.2, 0) is 6.54 Å². The van der Waals surface area contributed by atoms with Crippen LogP contribution in [0.3, 0.4) is 0 Å². The summed E-state index contributed by atoms with van der Waals surface area (Å²) in [5.74, 6) is -0.394. The predicted molar refractivity (Wildman–Crippen MR) is 71.8 cm³/mol. The topological polar surface area (TPSA) is 21.3 Å². The molecule has 0 spiro atoms. The molecule has 0 aromatic heterocycles. The number of benzene rings is 2. The SMILES string of the molecule is Fc1cc(Cl)cc(NCc2ccccc2OC(F)F)c1. The Kier molecular flexibility index (Phi) is 4.74. The van der Waals surface area contributed by atoms with Crippen LogP contribution >= 0.6 is 11.6 Å². The summed E-state index contributed by atoms with van der Waals surface area (Å²) in [4.78, 5) is 0. The quantitative estimate of drug-likeness (QED) is 0.865. The molecule has 0 aliphatic heterocycles. The van der Waals surface area contributed by atoms with E-state index in [0.29, 0.717) is 11.3 Å². The predicted octanol–water partition coefficient (Wildman–Crippen LogP) is 4.69. The van der Waals surface area contributed by atoms with Gasteiger partial charge in [-0.15, -0.1) is 0 Å². The van der Waals surface area contributed by atoms with Gasteiger partial charge in [-0.2, -0.15) is 8.78 Å². The molecule has 0 fully saturated rings. The summed E-state index contributed by atoms with van der Waals surface area (Å²) in [6.45, 7) is -2.68. The van der Waals surface area contributed by atoms with Gasteiger partial charge in [0.15, 0.2) is 0 Å². The fourth-order valence-electron chi connectivity index (χ4n) is 1.71. The lowest BCUT2D eigenvalue weighted by molar-refractivity contribution is -0.0504. The highest BCUT2D eigenvalue weighted by Gasteiger charge is 2.09. The van der Waals surface area contributed by atoms with Gasteiger partial charge >= 0.3 is 6.61 Å². The molecule has 2 aromatic carbocycles. The molecule has 106 valence electrons. The standard InChI is InChI=1S/C14H11ClF3NO/c15-10-5-11(16)7-12(6-10)19-8-9-3-1-2-4-13(9)20-14(17)18/h1-7,14,19H,8H2. The van der Waals surface area contributed by atoms with Gasteiger partial charge in [-0.1, -0.05) is 29.8 Å². The molecule has 20 heavy (non-hydrogen) atoms. The third kappa shape index (κ3) is 4.06. The molecule has 0 saturated carbocycles. The first-order valence-electron chi connectivity index (χ1n) is 5.77. The molecule has 0 saturated heterocycles. The molecule has 6 heteroatoms. The molecule has 0 heterocycles. The average molecular weight is 302 g/mol. The monoisotopic (exact) mass is 301 g/mol. The third-order valence-electron chi connectivity index (χ3n) is 2.53. The van der Waals surface area contributed by atoms with Crippen LogP contribution in [0.1, 0.15) is 5.56 Å². The Bertz CT molecular complexity index is 572. The highest BCUT2D eigenvalue weighted by atomic mass is 35.5. The molecule has 2 aromatic rings. The normalized spacial score (nSPS) is 10.7.